The molecule has 0 saturated carbocycles. The highest BCUT2D eigenvalue weighted by Gasteiger charge is 2.34. The van der Waals surface area contributed by atoms with Crippen LogP contribution in [0.4, 0.5) is 0 Å². The second-order valence-electron chi connectivity index (χ2n) is 7.65. The molecule has 23 heavy (non-hydrogen) atoms. The molecule has 0 unspecified atom stereocenters. The molecule has 3 aromatic rings. The molecule has 120 valence electrons. The molecule has 2 aromatic heterocycles. The van der Waals surface area contributed by atoms with E-state index in [1.54, 1.807) is 0 Å². The van der Waals surface area contributed by atoms with Gasteiger partial charge in [-0.1, -0.05) is 45.4 Å². The summed E-state index contributed by atoms with van der Waals surface area (Å²) in [5.41, 5.74) is 5.60. The van der Waals surface area contributed by atoms with E-state index in [1.807, 2.05) is 0 Å². The number of H-pyrrole nitrogens is 1. The first-order chi connectivity index (χ1) is 11.0. The number of pyridine rings is 1. The van der Waals surface area contributed by atoms with Crippen LogP contribution in [0.1, 0.15) is 56.7 Å². The molecule has 0 aliphatic heterocycles. The second-order valence-corrected chi connectivity index (χ2v) is 7.65. The van der Waals surface area contributed by atoms with Gasteiger partial charge in [0.15, 0.2) is 0 Å². The minimum Gasteiger partial charge on any atom is -0.388 e. The summed E-state index contributed by atoms with van der Waals surface area (Å²) >= 11 is 0. The van der Waals surface area contributed by atoms with E-state index in [4.69, 9.17) is 4.98 Å². The number of aliphatic hydroxyl groups excluding tert-OH is 1. The van der Waals surface area contributed by atoms with Gasteiger partial charge in [0.1, 0.15) is 0 Å². The van der Waals surface area contributed by atoms with Gasteiger partial charge >= 0.3 is 0 Å². The number of para-hydroxylation sites is 1. The highest BCUT2D eigenvalue weighted by Crippen LogP contribution is 2.44. The lowest BCUT2D eigenvalue weighted by Crippen LogP contribution is -2.27. The van der Waals surface area contributed by atoms with Gasteiger partial charge < -0.3 is 10.1 Å². The first-order valence-corrected chi connectivity index (χ1v) is 8.60. The Kier molecular flexibility index (Phi) is 3.24. The number of aliphatic hydroxyl groups is 1. The van der Waals surface area contributed by atoms with Crippen molar-refractivity contribution >= 4 is 21.8 Å². The van der Waals surface area contributed by atoms with Gasteiger partial charge in [-0.15, -0.1) is 0 Å². The molecule has 1 aliphatic carbocycles. The maximum absolute atomic E-state index is 10.8. The van der Waals surface area contributed by atoms with Crippen LogP contribution in [0.3, 0.4) is 0 Å². The van der Waals surface area contributed by atoms with Gasteiger partial charge in [-0.25, -0.2) is 0 Å². The van der Waals surface area contributed by atoms with Crippen LogP contribution in [0.15, 0.2) is 24.3 Å². The minimum absolute atomic E-state index is 0.0998. The molecule has 1 aliphatic rings. The van der Waals surface area contributed by atoms with Gasteiger partial charge in [-0.2, -0.15) is 0 Å². The van der Waals surface area contributed by atoms with E-state index in [1.165, 1.54) is 16.5 Å². The lowest BCUT2D eigenvalue weighted by atomic mass is 9.74. The number of fused-ring (bicyclic) bond motifs is 5. The van der Waals surface area contributed by atoms with Crippen LogP contribution < -0.4 is 0 Å². The fourth-order valence-corrected chi connectivity index (χ4v) is 4.13. The maximum Gasteiger partial charge on any atom is 0.0833 e. The van der Waals surface area contributed by atoms with Gasteiger partial charge in [0.25, 0.3) is 0 Å². The number of aryl methyl sites for hydroxylation is 1. The molecule has 0 bridgehead atoms. The SMILES string of the molecule is CCCc1nc2c(c3[nH]c4ccccc4c13)[C@H](O)CC(C)(C)C2. The Bertz CT molecular complexity index is 891. The molecule has 1 aromatic carbocycles. The van der Waals surface area contributed by atoms with E-state index in [2.05, 4.69) is 50.0 Å². The molecule has 4 rings (SSSR count). The van der Waals surface area contributed by atoms with Gasteiger partial charge in [-0.3, -0.25) is 4.98 Å². The van der Waals surface area contributed by atoms with Crippen LogP contribution in [-0.2, 0) is 12.8 Å². The first-order valence-electron chi connectivity index (χ1n) is 8.60. The second kappa shape index (κ2) is 5.07. The Morgan fingerprint density at radius 2 is 2.09 bits per heavy atom. The third-order valence-corrected chi connectivity index (χ3v) is 5.06. The van der Waals surface area contributed by atoms with Crippen molar-refractivity contribution in [1.29, 1.82) is 0 Å². The van der Waals surface area contributed by atoms with E-state index in [0.717, 1.165) is 48.0 Å². The molecule has 0 spiro atoms. The van der Waals surface area contributed by atoms with Gasteiger partial charge in [0.05, 0.1) is 17.3 Å². The van der Waals surface area contributed by atoms with Gasteiger partial charge in [-0.05, 0) is 30.7 Å². The molecule has 0 fully saturated rings. The van der Waals surface area contributed by atoms with Crippen molar-refractivity contribution in [2.75, 3.05) is 0 Å². The fourth-order valence-electron chi connectivity index (χ4n) is 4.13. The summed E-state index contributed by atoms with van der Waals surface area (Å²) in [6.07, 6.45) is 3.34. The first kappa shape index (κ1) is 14.7. The van der Waals surface area contributed by atoms with Crippen LogP contribution in [0.2, 0.25) is 0 Å². The van der Waals surface area contributed by atoms with E-state index >= 15 is 0 Å². The van der Waals surface area contributed by atoms with E-state index in [0.29, 0.717) is 0 Å². The lowest BCUT2D eigenvalue weighted by molar-refractivity contribution is 0.0994. The van der Waals surface area contributed by atoms with Crippen LogP contribution in [-0.4, -0.2) is 15.1 Å². The molecule has 0 radical (unpaired) electrons. The summed E-state index contributed by atoms with van der Waals surface area (Å²) < 4.78 is 0. The van der Waals surface area contributed by atoms with E-state index < -0.39 is 6.10 Å². The molecular weight excluding hydrogens is 284 g/mol. The fraction of sp³-hybridized carbons (Fsp3) is 0.450. The Hall–Kier alpha value is -1.87. The van der Waals surface area contributed by atoms with E-state index in [9.17, 15) is 5.11 Å². The molecular formula is C20H24N2O. The molecule has 3 nitrogen and oxygen atoms in total. The molecule has 0 amide bonds. The number of rotatable bonds is 2. The number of nitrogens with one attached hydrogen (secondary N) is 1. The van der Waals surface area contributed by atoms with Crippen LogP contribution in [0.5, 0.6) is 0 Å². The number of aromatic nitrogens is 2. The van der Waals surface area contributed by atoms with Crippen molar-refractivity contribution in [1.82, 2.24) is 9.97 Å². The van der Waals surface area contributed by atoms with Crippen molar-refractivity contribution in [2.24, 2.45) is 5.41 Å². The molecule has 2 N–H and O–H groups in total. The van der Waals surface area contributed by atoms with Crippen molar-refractivity contribution < 1.29 is 5.11 Å². The Morgan fingerprint density at radius 1 is 1.30 bits per heavy atom. The molecule has 0 saturated heterocycles. The summed E-state index contributed by atoms with van der Waals surface area (Å²) in [6.45, 7) is 6.63. The van der Waals surface area contributed by atoms with Crippen LogP contribution in [0.25, 0.3) is 21.8 Å². The van der Waals surface area contributed by atoms with Crippen molar-refractivity contribution in [3.63, 3.8) is 0 Å². The van der Waals surface area contributed by atoms with Crippen molar-refractivity contribution in [2.45, 2.75) is 52.6 Å². The normalized spacial score (nSPS) is 20.1. The summed E-state index contributed by atoms with van der Waals surface area (Å²) in [4.78, 5) is 8.58. The number of hydrogen-bond acceptors (Lipinski definition) is 2. The maximum atomic E-state index is 10.8. The summed E-state index contributed by atoms with van der Waals surface area (Å²) in [5, 5.41) is 13.2. The number of nitrogens with zero attached hydrogens (tertiary/aromatic N) is 1. The molecule has 1 atom stereocenters. The summed E-state index contributed by atoms with van der Waals surface area (Å²) in [7, 11) is 0. The van der Waals surface area contributed by atoms with Crippen LogP contribution in [0, 0.1) is 5.41 Å². The standard InChI is InChI=1S/C20H24N2O/c1-4-7-14-17-12-8-5-6-9-13(12)22-19(17)18-15(21-14)10-20(2,3)11-16(18)23/h5-6,8-9,16,22-23H,4,7,10-11H2,1-3H3/t16-/m1/s1. The zero-order valence-electron chi connectivity index (χ0n) is 14.1. The predicted molar refractivity (Wildman–Crippen MR) is 94.7 cm³/mol. The third-order valence-electron chi connectivity index (χ3n) is 5.06. The topological polar surface area (TPSA) is 48.9 Å². The zero-order valence-corrected chi connectivity index (χ0v) is 14.1. The quantitative estimate of drug-likeness (QED) is 0.722. The Labute approximate surface area is 136 Å². The molecule has 3 heteroatoms. The average molecular weight is 308 g/mol. The average Bonchev–Trinajstić information content (AvgIpc) is 2.84. The Morgan fingerprint density at radius 3 is 2.87 bits per heavy atom. The smallest absolute Gasteiger partial charge is 0.0833 e. The highest BCUT2D eigenvalue weighted by atomic mass is 16.3. The van der Waals surface area contributed by atoms with Crippen molar-refractivity contribution in [3.05, 3.63) is 41.2 Å². The highest BCUT2D eigenvalue weighted by molar-refractivity contribution is 6.09. The monoisotopic (exact) mass is 308 g/mol. The summed E-state index contributed by atoms with van der Waals surface area (Å²) in [6, 6.07) is 8.39. The van der Waals surface area contributed by atoms with Gasteiger partial charge in [0, 0.05) is 27.5 Å². The molecule has 2 heterocycles. The third kappa shape index (κ3) is 2.26. The number of benzene rings is 1. The minimum atomic E-state index is -0.438. The van der Waals surface area contributed by atoms with Crippen LogP contribution >= 0.6 is 0 Å². The van der Waals surface area contributed by atoms with E-state index in [-0.39, 0.29) is 5.41 Å². The zero-order chi connectivity index (χ0) is 16.2. The number of hydrogen-bond donors (Lipinski definition) is 2. The van der Waals surface area contributed by atoms with Crippen molar-refractivity contribution in [3.8, 4) is 0 Å². The largest absolute Gasteiger partial charge is 0.388 e. The Balaban J connectivity index is 2.10. The number of aromatic amines is 1. The predicted octanol–water partition coefficient (Wildman–Crippen LogP) is 4.67. The summed E-state index contributed by atoms with van der Waals surface area (Å²) in [5.74, 6) is 0. The lowest BCUT2D eigenvalue weighted by Gasteiger charge is -2.34. The van der Waals surface area contributed by atoms with Gasteiger partial charge in [0.2, 0.25) is 0 Å².